The van der Waals surface area contributed by atoms with Gasteiger partial charge >= 0.3 is 17.5 Å². The quantitative estimate of drug-likeness (QED) is 0.355. The number of nitrogens with zero attached hydrogens (tertiary/aromatic N) is 1. The fourth-order valence-corrected chi connectivity index (χ4v) is 2.06. The van der Waals surface area contributed by atoms with E-state index in [-0.39, 0.29) is 10.9 Å². The summed E-state index contributed by atoms with van der Waals surface area (Å²) in [6.07, 6.45) is -4.96. The number of carboxylic acid groups (broad SMARTS) is 1. The summed E-state index contributed by atoms with van der Waals surface area (Å²) >= 11 is 4.34. The van der Waals surface area contributed by atoms with Crippen molar-refractivity contribution in [1.82, 2.24) is 0 Å². The van der Waals surface area contributed by atoms with Crippen molar-refractivity contribution in [3.63, 3.8) is 0 Å². The van der Waals surface area contributed by atoms with Crippen LogP contribution in [0.3, 0.4) is 0 Å². The lowest BCUT2D eigenvalue weighted by atomic mass is 10.0. The van der Waals surface area contributed by atoms with E-state index < -0.39 is 28.9 Å². The maximum atomic E-state index is 13.3. The van der Waals surface area contributed by atoms with E-state index in [1.54, 1.807) is 6.07 Å². The molecule has 0 aliphatic rings. The van der Waals surface area contributed by atoms with Gasteiger partial charge in [-0.15, -0.1) is 0 Å². The van der Waals surface area contributed by atoms with Gasteiger partial charge in [0, 0.05) is 5.56 Å². The van der Waals surface area contributed by atoms with E-state index in [1.807, 2.05) is 0 Å². The highest BCUT2D eigenvalue weighted by Crippen LogP contribution is 2.40. The van der Waals surface area contributed by atoms with Crippen molar-refractivity contribution in [3.8, 4) is 5.75 Å². The number of hydrogen-bond acceptors (Lipinski definition) is 4. The molecule has 0 bridgehead atoms. The highest BCUT2D eigenvalue weighted by molar-refractivity contribution is 6.44. The molecule has 2 rings (SSSR count). The predicted molar refractivity (Wildman–Crippen MR) is 81.5 cm³/mol. The number of carboxylic acids is 1. The Kier molecular flexibility index (Phi) is 5.07. The van der Waals surface area contributed by atoms with Gasteiger partial charge in [-0.25, -0.2) is 4.79 Å². The minimum atomic E-state index is -4.96. The summed E-state index contributed by atoms with van der Waals surface area (Å²) in [7, 11) is 1.13. The zero-order chi connectivity index (χ0) is 18.8. The second-order valence-corrected chi connectivity index (χ2v) is 5.21. The van der Waals surface area contributed by atoms with Crippen LogP contribution in [0.15, 0.2) is 41.6 Å². The Hall–Kier alpha value is -2.55. The molecule has 0 aliphatic heterocycles. The van der Waals surface area contributed by atoms with Crippen LogP contribution in [0.4, 0.5) is 17.6 Å². The van der Waals surface area contributed by atoms with Gasteiger partial charge in [0.2, 0.25) is 0 Å². The summed E-state index contributed by atoms with van der Waals surface area (Å²) in [5, 5.41) is 8.22. The molecular weight excluding hydrogens is 370 g/mol. The highest BCUT2D eigenvalue weighted by atomic mass is 35.5. The summed E-state index contributed by atoms with van der Waals surface area (Å²) < 4.78 is 55.9. The smallest absolute Gasteiger partial charge is 0.476 e. The number of halogens is 5. The van der Waals surface area contributed by atoms with Gasteiger partial charge in [0.25, 0.3) is 0 Å². The summed E-state index contributed by atoms with van der Waals surface area (Å²) in [5.41, 5.74) is -0.474. The number of oxime groups is 1. The Bertz CT molecular complexity index is 836. The molecule has 2 aromatic carbocycles. The average Bonchev–Trinajstić information content (AvgIpc) is 2.50. The fourth-order valence-electron chi connectivity index (χ4n) is 2.02. The molecule has 0 saturated carbocycles. The lowest BCUT2D eigenvalue weighted by Gasteiger charge is -2.21. The van der Waals surface area contributed by atoms with Crippen molar-refractivity contribution in [2.75, 3.05) is 7.11 Å². The molecule has 0 heterocycles. The molecular formula is C15H10ClF4NO4. The summed E-state index contributed by atoms with van der Waals surface area (Å²) in [5.74, 6) is -2.06. The van der Waals surface area contributed by atoms with Crippen molar-refractivity contribution >= 4 is 34.1 Å². The minimum Gasteiger partial charge on any atom is -0.476 e. The van der Waals surface area contributed by atoms with Crippen LogP contribution in [0.5, 0.6) is 5.75 Å². The fraction of sp³-hybridized carbons (Fsp3) is 0.200. The SMILES string of the molecule is CO/N=C(/C(=O)O)c1cccc2ccc(OC(F)(F)C(F)(F)Cl)cc12. The van der Waals surface area contributed by atoms with E-state index in [9.17, 15) is 27.5 Å². The number of benzene rings is 2. The summed E-state index contributed by atoms with van der Waals surface area (Å²) in [6, 6.07) is 7.72. The second-order valence-electron chi connectivity index (χ2n) is 4.73. The van der Waals surface area contributed by atoms with Crippen LogP contribution in [0.25, 0.3) is 10.8 Å². The molecule has 0 fully saturated rings. The Balaban J connectivity index is 2.57. The first kappa shape index (κ1) is 18.8. The standard InChI is InChI=1S/C15H10ClF4NO4/c1-24-21-12(13(22)23)10-4-2-3-8-5-6-9(7-11(8)10)25-15(19,20)14(16,17)18/h2-7H,1H3,(H,22,23)/b21-12+. The van der Waals surface area contributed by atoms with Crippen LogP contribution in [0, 0.1) is 0 Å². The monoisotopic (exact) mass is 379 g/mol. The number of aliphatic carboxylic acids is 1. The van der Waals surface area contributed by atoms with Crippen molar-refractivity contribution in [3.05, 3.63) is 42.0 Å². The van der Waals surface area contributed by atoms with Gasteiger partial charge < -0.3 is 14.7 Å². The maximum absolute atomic E-state index is 13.3. The molecule has 0 spiro atoms. The van der Waals surface area contributed by atoms with Gasteiger partial charge in [0.05, 0.1) is 0 Å². The van der Waals surface area contributed by atoms with E-state index in [1.165, 1.54) is 18.2 Å². The molecule has 0 saturated heterocycles. The third-order valence-corrected chi connectivity index (χ3v) is 3.29. The number of ether oxygens (including phenoxy) is 1. The summed E-state index contributed by atoms with van der Waals surface area (Å²) in [6.45, 7) is 0. The van der Waals surface area contributed by atoms with Gasteiger partial charge in [-0.2, -0.15) is 17.6 Å². The first-order chi connectivity index (χ1) is 11.6. The maximum Gasteiger partial charge on any atom is 0.480 e. The molecule has 0 aromatic heterocycles. The first-order valence-corrected chi connectivity index (χ1v) is 6.96. The molecule has 2 aromatic rings. The summed E-state index contributed by atoms with van der Waals surface area (Å²) in [4.78, 5) is 15.8. The number of carbonyl (C=O) groups is 1. The number of alkyl halides is 5. The average molecular weight is 380 g/mol. The zero-order valence-electron chi connectivity index (χ0n) is 12.5. The number of hydrogen-bond donors (Lipinski definition) is 1. The minimum absolute atomic E-state index is 0.0262. The van der Waals surface area contributed by atoms with Crippen molar-refractivity contribution < 1.29 is 37.0 Å². The molecule has 0 atom stereocenters. The third-order valence-electron chi connectivity index (χ3n) is 3.07. The molecule has 5 nitrogen and oxygen atoms in total. The number of rotatable bonds is 6. The van der Waals surface area contributed by atoms with Crippen molar-refractivity contribution in [2.24, 2.45) is 5.16 Å². The Labute approximate surface area is 143 Å². The largest absolute Gasteiger partial charge is 0.480 e. The second kappa shape index (κ2) is 6.75. The topological polar surface area (TPSA) is 68.1 Å². The molecule has 0 radical (unpaired) electrons. The van der Waals surface area contributed by atoms with Gasteiger partial charge in [-0.3, -0.25) is 0 Å². The molecule has 25 heavy (non-hydrogen) atoms. The van der Waals surface area contributed by atoms with Crippen LogP contribution in [-0.2, 0) is 9.63 Å². The normalized spacial score (nSPS) is 13.0. The Morgan fingerprint density at radius 3 is 2.44 bits per heavy atom. The third kappa shape index (κ3) is 3.93. The van der Waals surface area contributed by atoms with Crippen molar-refractivity contribution in [1.29, 1.82) is 0 Å². The van der Waals surface area contributed by atoms with Gasteiger partial charge in [0.1, 0.15) is 12.9 Å². The van der Waals surface area contributed by atoms with Crippen LogP contribution in [-0.4, -0.2) is 35.4 Å². The molecule has 0 amide bonds. The van der Waals surface area contributed by atoms with E-state index in [4.69, 9.17) is 0 Å². The number of fused-ring (bicyclic) bond motifs is 1. The van der Waals surface area contributed by atoms with E-state index in [0.29, 0.717) is 5.39 Å². The first-order valence-electron chi connectivity index (χ1n) is 6.58. The molecule has 134 valence electrons. The lowest BCUT2D eigenvalue weighted by Crippen LogP contribution is -2.41. The van der Waals surface area contributed by atoms with E-state index in [2.05, 4.69) is 26.3 Å². The highest BCUT2D eigenvalue weighted by Gasteiger charge is 2.58. The lowest BCUT2D eigenvalue weighted by molar-refractivity contribution is -0.273. The molecule has 10 heteroatoms. The van der Waals surface area contributed by atoms with E-state index in [0.717, 1.165) is 19.2 Å². The predicted octanol–water partition coefficient (Wildman–Crippen LogP) is 4.08. The van der Waals surface area contributed by atoms with Gasteiger partial charge in [-0.05, 0) is 34.5 Å². The van der Waals surface area contributed by atoms with Crippen LogP contribution in [0.1, 0.15) is 5.56 Å². The Morgan fingerprint density at radius 1 is 1.20 bits per heavy atom. The Morgan fingerprint density at radius 2 is 1.88 bits per heavy atom. The molecule has 0 unspecified atom stereocenters. The molecule has 0 aliphatic carbocycles. The van der Waals surface area contributed by atoms with E-state index >= 15 is 0 Å². The van der Waals surface area contributed by atoms with Crippen molar-refractivity contribution in [2.45, 2.75) is 11.5 Å². The van der Waals surface area contributed by atoms with Crippen LogP contribution in [0.2, 0.25) is 0 Å². The van der Waals surface area contributed by atoms with Crippen LogP contribution < -0.4 is 4.74 Å². The van der Waals surface area contributed by atoms with Crippen LogP contribution >= 0.6 is 11.6 Å². The zero-order valence-corrected chi connectivity index (χ0v) is 13.2. The molecule has 1 N–H and O–H groups in total. The van der Waals surface area contributed by atoms with Gasteiger partial charge in [0.15, 0.2) is 5.71 Å². The van der Waals surface area contributed by atoms with Gasteiger partial charge in [-0.1, -0.05) is 29.4 Å².